The van der Waals surface area contributed by atoms with E-state index in [0.29, 0.717) is 24.5 Å². The SMILES string of the molecule is CC(OC(=O)C(NC(=O)c1ccccc1)C(C)C)C(=O)Nc1ccc(N2CCOCC2)cc1. The van der Waals surface area contributed by atoms with Gasteiger partial charge in [0, 0.05) is 30.0 Å². The number of amides is 2. The van der Waals surface area contributed by atoms with Gasteiger partial charge in [0.05, 0.1) is 13.2 Å². The van der Waals surface area contributed by atoms with Gasteiger partial charge < -0.3 is 25.0 Å². The van der Waals surface area contributed by atoms with Crippen LogP contribution in [0.25, 0.3) is 0 Å². The van der Waals surface area contributed by atoms with Crippen LogP contribution < -0.4 is 15.5 Å². The fraction of sp³-hybridized carbons (Fsp3) is 0.400. The van der Waals surface area contributed by atoms with Crippen LogP contribution in [-0.2, 0) is 19.1 Å². The van der Waals surface area contributed by atoms with Crippen LogP contribution in [0.5, 0.6) is 0 Å². The molecule has 0 saturated carbocycles. The Bertz CT molecular complexity index is 940. The van der Waals surface area contributed by atoms with Gasteiger partial charge in [0.2, 0.25) is 0 Å². The first-order valence-corrected chi connectivity index (χ1v) is 11.1. The molecule has 2 aromatic rings. The monoisotopic (exact) mass is 453 g/mol. The largest absolute Gasteiger partial charge is 0.451 e. The second-order valence-electron chi connectivity index (χ2n) is 8.28. The van der Waals surface area contributed by atoms with E-state index in [2.05, 4.69) is 15.5 Å². The van der Waals surface area contributed by atoms with Crippen molar-refractivity contribution >= 4 is 29.2 Å². The number of nitrogens with one attached hydrogen (secondary N) is 2. The Morgan fingerprint density at radius 2 is 1.58 bits per heavy atom. The molecule has 2 unspecified atom stereocenters. The summed E-state index contributed by atoms with van der Waals surface area (Å²) >= 11 is 0. The van der Waals surface area contributed by atoms with Gasteiger partial charge in [-0.3, -0.25) is 9.59 Å². The van der Waals surface area contributed by atoms with Crippen molar-refractivity contribution < 1.29 is 23.9 Å². The van der Waals surface area contributed by atoms with Crippen molar-refractivity contribution in [3.8, 4) is 0 Å². The lowest BCUT2D eigenvalue weighted by atomic mass is 10.0. The van der Waals surface area contributed by atoms with Crippen LogP contribution in [0.15, 0.2) is 54.6 Å². The maximum absolute atomic E-state index is 12.7. The molecule has 2 aromatic carbocycles. The van der Waals surface area contributed by atoms with E-state index in [1.165, 1.54) is 6.92 Å². The second kappa shape index (κ2) is 11.5. The van der Waals surface area contributed by atoms with Crippen molar-refractivity contribution in [2.75, 3.05) is 36.5 Å². The lowest BCUT2D eigenvalue weighted by Gasteiger charge is -2.29. The molecule has 2 atom stereocenters. The second-order valence-corrected chi connectivity index (χ2v) is 8.28. The van der Waals surface area contributed by atoms with Gasteiger partial charge in [-0.15, -0.1) is 0 Å². The number of anilines is 2. The highest BCUT2D eigenvalue weighted by Crippen LogP contribution is 2.19. The zero-order chi connectivity index (χ0) is 23.8. The van der Waals surface area contributed by atoms with Crippen LogP contribution in [0.2, 0.25) is 0 Å². The van der Waals surface area contributed by atoms with Crippen molar-refractivity contribution in [2.24, 2.45) is 5.92 Å². The molecule has 3 rings (SSSR count). The quantitative estimate of drug-likeness (QED) is 0.597. The molecule has 33 heavy (non-hydrogen) atoms. The molecule has 2 N–H and O–H groups in total. The van der Waals surface area contributed by atoms with Crippen LogP contribution >= 0.6 is 0 Å². The highest BCUT2D eigenvalue weighted by Gasteiger charge is 2.29. The first-order valence-electron chi connectivity index (χ1n) is 11.1. The summed E-state index contributed by atoms with van der Waals surface area (Å²) in [6.45, 7) is 8.17. The summed E-state index contributed by atoms with van der Waals surface area (Å²) in [6.07, 6.45) is -1.02. The highest BCUT2D eigenvalue weighted by atomic mass is 16.5. The topological polar surface area (TPSA) is 97.0 Å². The number of carbonyl (C=O) groups is 3. The first-order chi connectivity index (χ1) is 15.8. The Morgan fingerprint density at radius 3 is 2.18 bits per heavy atom. The van der Waals surface area contributed by atoms with Gasteiger partial charge in [-0.2, -0.15) is 0 Å². The smallest absolute Gasteiger partial charge is 0.329 e. The molecule has 1 fully saturated rings. The number of benzene rings is 2. The lowest BCUT2D eigenvalue weighted by molar-refractivity contribution is -0.156. The van der Waals surface area contributed by atoms with Crippen molar-refractivity contribution in [2.45, 2.75) is 32.9 Å². The molecule has 1 aliphatic heterocycles. The molecule has 8 nitrogen and oxygen atoms in total. The minimum atomic E-state index is -1.02. The van der Waals surface area contributed by atoms with Crippen molar-refractivity contribution in [1.29, 1.82) is 0 Å². The van der Waals surface area contributed by atoms with E-state index in [1.54, 1.807) is 44.2 Å². The first kappa shape index (κ1) is 24.3. The van der Waals surface area contributed by atoms with Gasteiger partial charge in [0.15, 0.2) is 6.10 Å². The average Bonchev–Trinajstić information content (AvgIpc) is 2.83. The zero-order valence-electron chi connectivity index (χ0n) is 19.2. The van der Waals surface area contributed by atoms with Crippen LogP contribution in [0.3, 0.4) is 0 Å². The predicted molar refractivity (Wildman–Crippen MR) is 126 cm³/mol. The Balaban J connectivity index is 1.54. The molecule has 0 bridgehead atoms. The fourth-order valence-corrected chi connectivity index (χ4v) is 3.43. The van der Waals surface area contributed by atoms with Gasteiger partial charge in [-0.05, 0) is 49.2 Å². The standard InChI is InChI=1S/C25H31N3O5/c1-17(2)22(27-24(30)19-7-5-4-6-8-19)25(31)33-18(3)23(29)26-20-9-11-21(12-10-20)28-13-15-32-16-14-28/h4-12,17-18,22H,13-16H2,1-3H3,(H,26,29)(H,27,30). The number of hydrogen-bond acceptors (Lipinski definition) is 6. The van der Waals surface area contributed by atoms with E-state index < -0.39 is 24.0 Å². The van der Waals surface area contributed by atoms with E-state index in [0.717, 1.165) is 18.8 Å². The molecule has 0 radical (unpaired) electrons. The summed E-state index contributed by atoms with van der Waals surface area (Å²) in [5.74, 6) is -1.68. The normalized spacial score (nSPS) is 15.5. The molecule has 0 aliphatic carbocycles. The molecule has 1 heterocycles. The van der Waals surface area contributed by atoms with Gasteiger partial charge in [0.1, 0.15) is 6.04 Å². The van der Waals surface area contributed by atoms with E-state index in [1.807, 2.05) is 24.3 Å². The highest BCUT2D eigenvalue weighted by molar-refractivity contribution is 5.98. The lowest BCUT2D eigenvalue weighted by Crippen LogP contribution is -2.47. The summed E-state index contributed by atoms with van der Waals surface area (Å²) in [4.78, 5) is 39.9. The maximum atomic E-state index is 12.7. The molecule has 2 amide bonds. The maximum Gasteiger partial charge on any atom is 0.329 e. The molecule has 176 valence electrons. The Hall–Kier alpha value is -3.39. The van der Waals surface area contributed by atoms with Gasteiger partial charge in [0.25, 0.3) is 11.8 Å². The number of rotatable bonds is 8. The number of carbonyl (C=O) groups excluding carboxylic acids is 3. The van der Waals surface area contributed by atoms with Crippen molar-refractivity contribution in [3.05, 3.63) is 60.2 Å². The van der Waals surface area contributed by atoms with E-state index in [-0.39, 0.29) is 11.8 Å². The van der Waals surface area contributed by atoms with Crippen molar-refractivity contribution in [3.63, 3.8) is 0 Å². The summed E-state index contributed by atoms with van der Waals surface area (Å²) in [5, 5.41) is 5.47. The molecular weight excluding hydrogens is 422 g/mol. The third-order valence-corrected chi connectivity index (χ3v) is 5.42. The third-order valence-electron chi connectivity index (χ3n) is 5.42. The predicted octanol–water partition coefficient (Wildman–Crippen LogP) is 2.85. The summed E-state index contributed by atoms with van der Waals surface area (Å²) < 4.78 is 10.7. The van der Waals surface area contributed by atoms with E-state index in [9.17, 15) is 14.4 Å². The number of ether oxygens (including phenoxy) is 2. The van der Waals surface area contributed by atoms with Crippen LogP contribution in [0.1, 0.15) is 31.1 Å². The molecule has 0 spiro atoms. The molecule has 8 heteroatoms. The Morgan fingerprint density at radius 1 is 0.939 bits per heavy atom. The average molecular weight is 454 g/mol. The molecular formula is C25H31N3O5. The van der Waals surface area contributed by atoms with Crippen LogP contribution in [0, 0.1) is 5.92 Å². The molecule has 1 saturated heterocycles. The van der Waals surface area contributed by atoms with E-state index >= 15 is 0 Å². The van der Waals surface area contributed by atoms with Gasteiger partial charge in [-0.25, -0.2) is 4.79 Å². The summed E-state index contributed by atoms with van der Waals surface area (Å²) in [5.41, 5.74) is 2.12. The minimum Gasteiger partial charge on any atom is -0.451 e. The molecule has 1 aliphatic rings. The van der Waals surface area contributed by atoms with Crippen LogP contribution in [0.4, 0.5) is 11.4 Å². The minimum absolute atomic E-state index is 0.215. The fourth-order valence-electron chi connectivity index (χ4n) is 3.43. The van der Waals surface area contributed by atoms with Gasteiger partial charge >= 0.3 is 5.97 Å². The number of esters is 1. The van der Waals surface area contributed by atoms with Gasteiger partial charge in [-0.1, -0.05) is 32.0 Å². The number of nitrogens with zero attached hydrogens (tertiary/aromatic N) is 1. The summed E-state index contributed by atoms with van der Waals surface area (Å²) in [6, 6.07) is 15.3. The zero-order valence-corrected chi connectivity index (χ0v) is 19.2. The third kappa shape index (κ3) is 6.79. The Labute approximate surface area is 194 Å². The number of morpholine rings is 1. The van der Waals surface area contributed by atoms with Crippen molar-refractivity contribution in [1.82, 2.24) is 5.32 Å². The Kier molecular flexibility index (Phi) is 8.43. The molecule has 0 aromatic heterocycles. The van der Waals surface area contributed by atoms with E-state index in [4.69, 9.17) is 9.47 Å². The van der Waals surface area contributed by atoms with Crippen LogP contribution in [-0.4, -0.2) is 56.2 Å². The summed E-state index contributed by atoms with van der Waals surface area (Å²) in [7, 11) is 0. The number of hydrogen-bond donors (Lipinski definition) is 2.